The molecule has 1 aromatic heterocycles. The largest absolute Gasteiger partial charge is 0.465 e. The molecular formula is C32H40F4N2O7. The van der Waals surface area contributed by atoms with Crippen molar-refractivity contribution in [2.24, 2.45) is 11.8 Å². The molecule has 0 unspecified atom stereocenters. The number of carbonyl (C=O) groups is 2. The number of aromatic nitrogens is 1. The van der Waals surface area contributed by atoms with Crippen molar-refractivity contribution in [2.45, 2.75) is 63.1 Å². The molecule has 2 saturated carbocycles. The van der Waals surface area contributed by atoms with E-state index in [2.05, 4.69) is 11.9 Å². The highest BCUT2D eigenvalue weighted by molar-refractivity contribution is 6.04. The molecule has 2 aliphatic rings. The van der Waals surface area contributed by atoms with Gasteiger partial charge in [0.05, 0.1) is 44.2 Å². The van der Waals surface area contributed by atoms with Gasteiger partial charge in [-0.15, -0.1) is 0 Å². The van der Waals surface area contributed by atoms with Gasteiger partial charge >= 0.3 is 12.1 Å². The van der Waals surface area contributed by atoms with E-state index in [1.54, 1.807) is 0 Å². The zero-order chi connectivity index (χ0) is 32.9. The molecule has 0 radical (unpaired) electrons. The predicted octanol–water partition coefficient (Wildman–Crippen LogP) is 6.32. The highest BCUT2D eigenvalue weighted by Gasteiger charge is 2.47. The third-order valence-corrected chi connectivity index (χ3v) is 8.65. The van der Waals surface area contributed by atoms with E-state index >= 15 is 4.39 Å². The van der Waals surface area contributed by atoms with Crippen LogP contribution in [0.25, 0.3) is 0 Å². The number of rotatable bonds is 13. The molecule has 0 N–H and O–H groups in total. The van der Waals surface area contributed by atoms with Gasteiger partial charge in [0.25, 0.3) is 0 Å². The van der Waals surface area contributed by atoms with Crippen LogP contribution in [0, 0.1) is 17.7 Å². The maximum Gasteiger partial charge on any atom is 0.421 e. The zero-order valence-electron chi connectivity index (χ0n) is 26.2. The van der Waals surface area contributed by atoms with Crippen LogP contribution in [0.4, 0.5) is 23.2 Å². The number of carbonyl (C=O) groups excluding carboxylic acids is 2. The minimum atomic E-state index is -4.88. The maximum atomic E-state index is 15.8. The molecule has 0 atom stereocenters. The minimum Gasteiger partial charge on any atom is -0.465 e. The minimum absolute atomic E-state index is 0.00103. The van der Waals surface area contributed by atoms with E-state index in [4.69, 9.17) is 23.7 Å². The number of amides is 1. The van der Waals surface area contributed by atoms with Crippen molar-refractivity contribution < 1.29 is 50.8 Å². The molecular weight excluding hydrogens is 600 g/mol. The fraction of sp³-hybridized carbons (Fsp3) is 0.594. The molecule has 2 aromatic rings. The van der Waals surface area contributed by atoms with Gasteiger partial charge in [-0.25, -0.2) is 14.2 Å². The van der Waals surface area contributed by atoms with E-state index in [1.807, 2.05) is 0 Å². The second-order valence-corrected chi connectivity index (χ2v) is 11.9. The quantitative estimate of drug-likeness (QED) is 0.186. The van der Waals surface area contributed by atoms with Gasteiger partial charge in [-0.3, -0.25) is 4.79 Å². The van der Waals surface area contributed by atoms with Crippen LogP contribution in [0.5, 0.6) is 11.6 Å². The number of ether oxygens (including phenoxy) is 5. The van der Waals surface area contributed by atoms with Crippen LogP contribution in [-0.4, -0.2) is 71.2 Å². The smallest absolute Gasteiger partial charge is 0.421 e. The Morgan fingerprint density at radius 2 is 1.64 bits per heavy atom. The molecule has 2 fully saturated rings. The molecule has 2 aliphatic carbocycles. The van der Waals surface area contributed by atoms with E-state index in [0.29, 0.717) is 37.2 Å². The van der Waals surface area contributed by atoms with Gasteiger partial charge < -0.3 is 28.6 Å². The van der Waals surface area contributed by atoms with Gasteiger partial charge in [0.15, 0.2) is 11.6 Å². The number of esters is 1. The third-order valence-electron chi connectivity index (χ3n) is 8.65. The van der Waals surface area contributed by atoms with Crippen LogP contribution in [0.15, 0.2) is 24.4 Å². The van der Waals surface area contributed by atoms with Crippen LogP contribution >= 0.6 is 0 Å². The monoisotopic (exact) mass is 640 g/mol. The molecule has 1 amide bonds. The number of hydrogen-bond donors (Lipinski definition) is 0. The summed E-state index contributed by atoms with van der Waals surface area (Å²) in [7, 11) is 5.44. The zero-order valence-corrected chi connectivity index (χ0v) is 26.2. The molecule has 1 heterocycles. The van der Waals surface area contributed by atoms with Crippen molar-refractivity contribution in [1.82, 2.24) is 4.98 Å². The van der Waals surface area contributed by atoms with Crippen molar-refractivity contribution in [3.8, 4) is 11.6 Å². The first-order valence-electron chi connectivity index (χ1n) is 14.9. The summed E-state index contributed by atoms with van der Waals surface area (Å²) in [5.74, 6) is -3.94. The standard InChI is InChI=1S/C32H40F4N2O7/c1-19-6-8-20(9-7-19)29(39)38(22(16-41-2)17-42-3)26-14-25(33)27(13-23(26)30(40)44-5)45-28-24(32(34,35)36)12-21(15-37-28)31(10-11-31)18-43-4/h12-15,19-20,22H,6-11,16-18H2,1-5H3/t19-,20-. The Balaban J connectivity index is 1.79. The number of pyridine rings is 1. The number of halogens is 4. The molecule has 1 aromatic carbocycles. The number of benzene rings is 1. The van der Waals surface area contributed by atoms with E-state index in [1.165, 1.54) is 32.4 Å². The molecule has 248 valence electrons. The van der Waals surface area contributed by atoms with Gasteiger partial charge in [-0.2, -0.15) is 13.2 Å². The number of hydrogen-bond acceptors (Lipinski definition) is 8. The number of alkyl halides is 3. The average Bonchev–Trinajstić information content (AvgIpc) is 3.79. The van der Waals surface area contributed by atoms with Crippen molar-refractivity contribution in [1.29, 1.82) is 0 Å². The van der Waals surface area contributed by atoms with Crippen molar-refractivity contribution in [3.05, 3.63) is 46.9 Å². The summed E-state index contributed by atoms with van der Waals surface area (Å²) in [4.78, 5) is 32.3. The summed E-state index contributed by atoms with van der Waals surface area (Å²) in [6, 6.07) is 2.00. The van der Waals surface area contributed by atoms with Crippen LogP contribution in [0.1, 0.15) is 66.9 Å². The normalized spacial score (nSPS) is 19.3. The van der Waals surface area contributed by atoms with E-state index in [0.717, 1.165) is 38.2 Å². The first-order valence-corrected chi connectivity index (χ1v) is 14.9. The summed E-state index contributed by atoms with van der Waals surface area (Å²) in [5.41, 5.74) is -1.86. The Kier molecular flexibility index (Phi) is 11.1. The Hall–Kier alpha value is -3.29. The summed E-state index contributed by atoms with van der Waals surface area (Å²) in [6.07, 6.45) is 0.527. The third kappa shape index (κ3) is 7.75. The highest BCUT2D eigenvalue weighted by atomic mass is 19.4. The molecule has 9 nitrogen and oxygen atoms in total. The van der Waals surface area contributed by atoms with E-state index in [-0.39, 0.29) is 37.0 Å². The molecule has 0 spiro atoms. The van der Waals surface area contributed by atoms with Crippen LogP contribution < -0.4 is 9.64 Å². The summed E-state index contributed by atoms with van der Waals surface area (Å²) >= 11 is 0. The Labute approximate surface area is 260 Å². The molecule has 4 rings (SSSR count). The first-order chi connectivity index (χ1) is 21.4. The van der Waals surface area contributed by atoms with E-state index < -0.39 is 52.5 Å². The van der Waals surface area contributed by atoms with Crippen molar-refractivity contribution >= 4 is 17.6 Å². The molecule has 0 saturated heterocycles. The summed E-state index contributed by atoms with van der Waals surface area (Å²) < 4.78 is 84.7. The molecule has 0 aliphatic heterocycles. The lowest BCUT2D eigenvalue weighted by Gasteiger charge is -2.36. The lowest BCUT2D eigenvalue weighted by atomic mass is 9.82. The Morgan fingerprint density at radius 3 is 2.18 bits per heavy atom. The Morgan fingerprint density at radius 1 is 1.00 bits per heavy atom. The SMILES string of the molecule is COCC(COC)N(c1cc(F)c(Oc2ncc(C3(COC)CC3)cc2C(F)(F)F)cc1C(=O)OC)C(=O)[C@H]1CC[C@H](C)CC1. The molecule has 0 bridgehead atoms. The predicted molar refractivity (Wildman–Crippen MR) is 156 cm³/mol. The molecule has 13 heteroatoms. The van der Waals surface area contributed by atoms with Gasteiger partial charge in [0.1, 0.15) is 5.56 Å². The van der Waals surface area contributed by atoms with Crippen LogP contribution in [0.2, 0.25) is 0 Å². The van der Waals surface area contributed by atoms with Crippen LogP contribution in [-0.2, 0) is 35.3 Å². The van der Waals surface area contributed by atoms with Crippen molar-refractivity contribution in [2.75, 3.05) is 53.2 Å². The second-order valence-electron chi connectivity index (χ2n) is 11.9. The van der Waals surface area contributed by atoms with Crippen LogP contribution in [0.3, 0.4) is 0 Å². The lowest BCUT2D eigenvalue weighted by molar-refractivity contribution is -0.139. The van der Waals surface area contributed by atoms with Crippen molar-refractivity contribution in [3.63, 3.8) is 0 Å². The number of nitrogens with zero attached hydrogens (tertiary/aromatic N) is 2. The van der Waals surface area contributed by atoms with Gasteiger partial charge in [-0.1, -0.05) is 6.92 Å². The van der Waals surface area contributed by atoms with E-state index in [9.17, 15) is 22.8 Å². The van der Waals surface area contributed by atoms with Gasteiger partial charge in [-0.05, 0) is 56.1 Å². The number of methoxy groups -OCH3 is 4. The average molecular weight is 641 g/mol. The fourth-order valence-corrected chi connectivity index (χ4v) is 5.95. The first kappa shape index (κ1) is 34.6. The summed E-state index contributed by atoms with van der Waals surface area (Å²) in [6.45, 7) is 2.34. The fourth-order valence-electron chi connectivity index (χ4n) is 5.95. The second kappa shape index (κ2) is 14.4. The Bertz CT molecular complexity index is 1350. The number of anilines is 1. The molecule has 45 heavy (non-hydrogen) atoms. The van der Waals surface area contributed by atoms with Gasteiger partial charge in [0, 0.05) is 51.0 Å². The topological polar surface area (TPSA) is 96.4 Å². The lowest BCUT2D eigenvalue weighted by Crippen LogP contribution is -2.49. The maximum absolute atomic E-state index is 15.8. The van der Waals surface area contributed by atoms with Gasteiger partial charge in [0.2, 0.25) is 11.8 Å². The highest BCUT2D eigenvalue weighted by Crippen LogP contribution is 2.50. The summed E-state index contributed by atoms with van der Waals surface area (Å²) in [5, 5.41) is 0.